The Labute approximate surface area is 127 Å². The number of carbonyl (C=O) groups excluding carboxylic acids is 1. The zero-order valence-corrected chi connectivity index (χ0v) is 12.9. The minimum Gasteiger partial charge on any atom is -0.374 e. The van der Waals surface area contributed by atoms with E-state index in [0.717, 1.165) is 10.4 Å². The number of thiophene rings is 1. The summed E-state index contributed by atoms with van der Waals surface area (Å²) in [5, 5.41) is 2.88. The first-order valence-corrected chi connectivity index (χ1v) is 7.42. The van der Waals surface area contributed by atoms with E-state index in [1.54, 1.807) is 13.2 Å². The fraction of sp³-hybridized carbons (Fsp3) is 0.267. The third kappa shape index (κ3) is 3.82. The Bertz CT molecular complexity index is 597. The van der Waals surface area contributed by atoms with Crippen LogP contribution in [0.1, 0.15) is 26.9 Å². The number of hydrogen-bond acceptors (Lipinski definition) is 3. The van der Waals surface area contributed by atoms with Crippen molar-refractivity contribution in [3.8, 4) is 0 Å². The third-order valence-electron chi connectivity index (χ3n) is 2.92. The van der Waals surface area contributed by atoms with Crippen molar-refractivity contribution in [1.29, 1.82) is 0 Å². The summed E-state index contributed by atoms with van der Waals surface area (Å²) in [4.78, 5) is 13.1. The summed E-state index contributed by atoms with van der Waals surface area (Å²) in [6.07, 6.45) is -0.179. The lowest BCUT2D eigenvalue weighted by Crippen LogP contribution is -2.28. The normalized spacial score (nSPS) is 12.2. The van der Waals surface area contributed by atoms with Crippen LogP contribution >= 0.6 is 22.9 Å². The van der Waals surface area contributed by atoms with Gasteiger partial charge in [-0.05, 0) is 31.2 Å². The second-order valence-electron chi connectivity index (χ2n) is 4.45. The van der Waals surface area contributed by atoms with Crippen LogP contribution in [0.15, 0.2) is 36.4 Å². The summed E-state index contributed by atoms with van der Waals surface area (Å²) in [7, 11) is 1.62. The van der Waals surface area contributed by atoms with Crippen molar-refractivity contribution < 1.29 is 9.53 Å². The Morgan fingerprint density at radius 3 is 2.80 bits per heavy atom. The smallest absolute Gasteiger partial charge is 0.251 e. The first kappa shape index (κ1) is 15.0. The number of nitrogens with one attached hydrogen (secondary N) is 1. The highest BCUT2D eigenvalue weighted by Gasteiger charge is 2.15. The molecule has 1 N–H and O–H groups in total. The Balaban J connectivity index is 1.98. The number of halogens is 1. The summed E-state index contributed by atoms with van der Waals surface area (Å²) < 4.78 is 6.11. The molecule has 0 spiro atoms. The lowest BCUT2D eigenvalue weighted by Gasteiger charge is -2.14. The fourth-order valence-corrected chi connectivity index (χ4v) is 3.01. The molecule has 5 heteroatoms. The van der Waals surface area contributed by atoms with Crippen LogP contribution in [0.4, 0.5) is 0 Å². The number of aryl methyl sites for hydroxylation is 1. The lowest BCUT2D eigenvalue weighted by atomic mass is 10.1. The van der Waals surface area contributed by atoms with E-state index in [9.17, 15) is 4.79 Å². The topological polar surface area (TPSA) is 38.3 Å². The van der Waals surface area contributed by atoms with Gasteiger partial charge >= 0.3 is 0 Å². The molecule has 0 aliphatic carbocycles. The van der Waals surface area contributed by atoms with Crippen molar-refractivity contribution in [2.45, 2.75) is 13.0 Å². The third-order valence-corrected chi connectivity index (χ3v) is 4.25. The molecular weight excluding hydrogens is 294 g/mol. The standard InChI is InChI=1S/C15H16ClNO2S/c1-10-4-3-5-11(8-10)15(18)17-9-12(19-2)13-6-7-14(16)20-13/h3-8,12H,9H2,1-2H3,(H,17,18). The Hall–Kier alpha value is -1.36. The molecule has 20 heavy (non-hydrogen) atoms. The summed E-state index contributed by atoms with van der Waals surface area (Å²) in [5.74, 6) is -0.0987. The molecule has 2 aromatic rings. The molecule has 106 valence electrons. The molecule has 0 saturated heterocycles. The zero-order chi connectivity index (χ0) is 14.5. The maximum absolute atomic E-state index is 12.1. The van der Waals surface area contributed by atoms with Crippen LogP contribution in [-0.2, 0) is 4.74 Å². The van der Waals surface area contributed by atoms with Gasteiger partial charge in [0.2, 0.25) is 0 Å². The predicted molar refractivity (Wildman–Crippen MR) is 82.6 cm³/mol. The van der Waals surface area contributed by atoms with Crippen LogP contribution < -0.4 is 5.32 Å². The first-order valence-electron chi connectivity index (χ1n) is 6.23. The van der Waals surface area contributed by atoms with Gasteiger partial charge in [-0.2, -0.15) is 0 Å². The van der Waals surface area contributed by atoms with E-state index in [1.807, 2.05) is 37.3 Å². The molecular formula is C15H16ClNO2S. The molecule has 2 rings (SSSR count). The lowest BCUT2D eigenvalue weighted by molar-refractivity contribution is 0.0837. The largest absolute Gasteiger partial charge is 0.374 e. The zero-order valence-electron chi connectivity index (χ0n) is 11.4. The average molecular weight is 310 g/mol. The van der Waals surface area contributed by atoms with Crippen molar-refractivity contribution in [3.05, 3.63) is 56.7 Å². The Kier molecular flexibility index (Phi) is 5.17. The van der Waals surface area contributed by atoms with Gasteiger partial charge in [0.05, 0.1) is 4.34 Å². The molecule has 0 aliphatic rings. The number of methoxy groups -OCH3 is 1. The van der Waals surface area contributed by atoms with Gasteiger partial charge in [-0.1, -0.05) is 29.3 Å². The summed E-state index contributed by atoms with van der Waals surface area (Å²) in [6, 6.07) is 11.2. The van der Waals surface area contributed by atoms with E-state index in [-0.39, 0.29) is 12.0 Å². The van der Waals surface area contributed by atoms with Gasteiger partial charge in [-0.25, -0.2) is 0 Å². The fourth-order valence-electron chi connectivity index (χ4n) is 1.88. The van der Waals surface area contributed by atoms with Gasteiger partial charge in [0, 0.05) is 24.1 Å². The number of amides is 1. The van der Waals surface area contributed by atoms with Crippen LogP contribution in [0.25, 0.3) is 0 Å². The highest BCUT2D eigenvalue weighted by molar-refractivity contribution is 7.16. The maximum Gasteiger partial charge on any atom is 0.251 e. The molecule has 0 aliphatic heterocycles. The summed E-state index contributed by atoms with van der Waals surface area (Å²) >= 11 is 7.37. The first-order chi connectivity index (χ1) is 9.60. The highest BCUT2D eigenvalue weighted by atomic mass is 35.5. The monoisotopic (exact) mass is 309 g/mol. The number of carbonyl (C=O) groups is 1. The minimum atomic E-state index is -0.179. The van der Waals surface area contributed by atoms with Crippen LogP contribution in [0, 0.1) is 6.92 Å². The Morgan fingerprint density at radius 1 is 1.40 bits per heavy atom. The van der Waals surface area contributed by atoms with E-state index in [2.05, 4.69) is 5.32 Å². The van der Waals surface area contributed by atoms with Crippen molar-refractivity contribution in [2.75, 3.05) is 13.7 Å². The van der Waals surface area contributed by atoms with Gasteiger partial charge in [0.1, 0.15) is 6.10 Å². The van der Waals surface area contributed by atoms with Crippen LogP contribution in [0.3, 0.4) is 0 Å². The Morgan fingerprint density at radius 2 is 2.20 bits per heavy atom. The van der Waals surface area contributed by atoms with Crippen molar-refractivity contribution in [2.24, 2.45) is 0 Å². The molecule has 1 amide bonds. The van der Waals surface area contributed by atoms with E-state index in [1.165, 1.54) is 11.3 Å². The molecule has 3 nitrogen and oxygen atoms in total. The van der Waals surface area contributed by atoms with Gasteiger partial charge in [0.15, 0.2) is 0 Å². The summed E-state index contributed by atoms with van der Waals surface area (Å²) in [6.45, 7) is 2.38. The molecule has 1 aromatic carbocycles. The van der Waals surface area contributed by atoms with Gasteiger partial charge in [-0.15, -0.1) is 11.3 Å². The van der Waals surface area contributed by atoms with Crippen LogP contribution in [0.5, 0.6) is 0 Å². The molecule has 0 radical (unpaired) electrons. The molecule has 0 saturated carbocycles. The van der Waals surface area contributed by atoms with Crippen molar-refractivity contribution in [1.82, 2.24) is 5.32 Å². The molecule has 1 aromatic heterocycles. The number of ether oxygens (including phenoxy) is 1. The number of benzene rings is 1. The maximum atomic E-state index is 12.1. The molecule has 1 heterocycles. The van der Waals surface area contributed by atoms with Gasteiger partial charge in [0.25, 0.3) is 5.91 Å². The molecule has 1 unspecified atom stereocenters. The second kappa shape index (κ2) is 6.88. The SMILES string of the molecule is COC(CNC(=O)c1cccc(C)c1)c1ccc(Cl)s1. The van der Waals surface area contributed by atoms with Crippen LogP contribution in [0.2, 0.25) is 4.34 Å². The van der Waals surface area contributed by atoms with Crippen molar-refractivity contribution in [3.63, 3.8) is 0 Å². The van der Waals surface area contributed by atoms with Gasteiger partial charge in [-0.3, -0.25) is 4.79 Å². The number of rotatable bonds is 5. The second-order valence-corrected chi connectivity index (χ2v) is 6.19. The van der Waals surface area contributed by atoms with Gasteiger partial charge < -0.3 is 10.1 Å². The van der Waals surface area contributed by atoms with Crippen molar-refractivity contribution >= 4 is 28.8 Å². The predicted octanol–water partition coefficient (Wildman–Crippen LogP) is 3.83. The molecule has 0 bridgehead atoms. The molecule has 1 atom stereocenters. The quantitative estimate of drug-likeness (QED) is 0.911. The van der Waals surface area contributed by atoms with E-state index >= 15 is 0 Å². The average Bonchev–Trinajstić information content (AvgIpc) is 2.86. The minimum absolute atomic E-state index is 0.0987. The number of hydrogen-bond donors (Lipinski definition) is 1. The summed E-state index contributed by atoms with van der Waals surface area (Å²) in [5.41, 5.74) is 1.72. The van der Waals surface area contributed by atoms with E-state index < -0.39 is 0 Å². The van der Waals surface area contributed by atoms with E-state index in [4.69, 9.17) is 16.3 Å². The molecule has 0 fully saturated rings. The highest BCUT2D eigenvalue weighted by Crippen LogP contribution is 2.28. The van der Waals surface area contributed by atoms with E-state index in [0.29, 0.717) is 16.4 Å². The van der Waals surface area contributed by atoms with Crippen LogP contribution in [-0.4, -0.2) is 19.6 Å².